The lowest BCUT2D eigenvalue weighted by Crippen LogP contribution is -2.03. The highest BCUT2D eigenvalue weighted by Gasteiger charge is 2.17. The third kappa shape index (κ3) is 5.58. The molecule has 0 spiro atoms. The van der Waals surface area contributed by atoms with Gasteiger partial charge in [-0.05, 0) is 6.42 Å². The molecule has 0 aliphatic carbocycles. The van der Waals surface area contributed by atoms with Gasteiger partial charge >= 0.3 is 0 Å². The van der Waals surface area contributed by atoms with Crippen LogP contribution in [-0.4, -0.2) is 24.6 Å². The van der Waals surface area contributed by atoms with E-state index in [-0.39, 0.29) is 17.1 Å². The summed E-state index contributed by atoms with van der Waals surface area (Å²) in [5.41, 5.74) is 0.233. The van der Waals surface area contributed by atoms with Crippen LogP contribution in [0.3, 0.4) is 0 Å². The summed E-state index contributed by atoms with van der Waals surface area (Å²) in [6, 6.07) is 3.15. The molecule has 124 valence electrons. The number of aromatic hydroxyl groups is 1. The monoisotopic (exact) mass is 308 g/mol. The molecule has 1 aromatic carbocycles. The molecule has 0 aliphatic heterocycles. The standard InChI is InChI=1S/C18H28O4/c1-4-6-7-8-9-10-11-22-14-12-16(20)18(15(19)5-2)17(13-14)21-3/h12-13,20H,4-11H2,1-3H3. The molecule has 0 atom stereocenters. The van der Waals surface area contributed by atoms with Crippen LogP contribution in [0.5, 0.6) is 17.2 Å². The predicted octanol–water partition coefficient (Wildman–Crippen LogP) is 4.73. The van der Waals surface area contributed by atoms with E-state index < -0.39 is 0 Å². The van der Waals surface area contributed by atoms with Gasteiger partial charge in [0.15, 0.2) is 5.78 Å². The lowest BCUT2D eigenvalue weighted by molar-refractivity contribution is 0.0982. The predicted molar refractivity (Wildman–Crippen MR) is 88.2 cm³/mol. The highest BCUT2D eigenvalue weighted by molar-refractivity contribution is 6.01. The average Bonchev–Trinajstić information content (AvgIpc) is 2.52. The number of ether oxygens (including phenoxy) is 2. The van der Waals surface area contributed by atoms with Crippen molar-refractivity contribution in [2.45, 2.75) is 58.8 Å². The molecular weight excluding hydrogens is 280 g/mol. The van der Waals surface area contributed by atoms with Gasteiger partial charge in [0.05, 0.1) is 13.7 Å². The average molecular weight is 308 g/mol. The molecule has 0 saturated heterocycles. The highest BCUT2D eigenvalue weighted by atomic mass is 16.5. The SMILES string of the molecule is CCCCCCCCOc1cc(O)c(C(=O)CC)c(OC)c1. The second-order valence-electron chi connectivity index (χ2n) is 5.41. The number of carbonyl (C=O) groups excluding carboxylic acids is 1. The van der Waals surface area contributed by atoms with Gasteiger partial charge < -0.3 is 14.6 Å². The molecule has 0 aromatic heterocycles. The van der Waals surface area contributed by atoms with Crippen molar-refractivity contribution in [2.24, 2.45) is 0 Å². The molecule has 22 heavy (non-hydrogen) atoms. The second-order valence-corrected chi connectivity index (χ2v) is 5.41. The zero-order valence-electron chi connectivity index (χ0n) is 14.0. The Kier molecular flexibility index (Phi) is 8.41. The lowest BCUT2D eigenvalue weighted by atomic mass is 10.1. The quantitative estimate of drug-likeness (QED) is 0.474. The van der Waals surface area contributed by atoms with Gasteiger partial charge in [0.25, 0.3) is 0 Å². The van der Waals surface area contributed by atoms with Crippen LogP contribution in [0.4, 0.5) is 0 Å². The van der Waals surface area contributed by atoms with Crippen LogP contribution in [0.25, 0.3) is 0 Å². The Morgan fingerprint density at radius 2 is 1.77 bits per heavy atom. The first-order chi connectivity index (χ1) is 10.6. The largest absolute Gasteiger partial charge is 0.507 e. The summed E-state index contributed by atoms with van der Waals surface area (Å²) in [5, 5.41) is 10.0. The number of methoxy groups -OCH3 is 1. The first-order valence-electron chi connectivity index (χ1n) is 8.21. The summed E-state index contributed by atoms with van der Waals surface area (Å²) in [5.74, 6) is 0.682. The number of unbranched alkanes of at least 4 members (excludes halogenated alkanes) is 5. The van der Waals surface area contributed by atoms with Crippen LogP contribution < -0.4 is 9.47 Å². The van der Waals surface area contributed by atoms with Crippen molar-refractivity contribution in [1.29, 1.82) is 0 Å². The van der Waals surface area contributed by atoms with Crippen LogP contribution in [0, 0.1) is 0 Å². The van der Waals surface area contributed by atoms with Gasteiger partial charge in [-0.1, -0.05) is 46.0 Å². The van der Waals surface area contributed by atoms with Crippen molar-refractivity contribution in [3.8, 4) is 17.2 Å². The Hall–Kier alpha value is -1.71. The topological polar surface area (TPSA) is 55.8 Å². The lowest BCUT2D eigenvalue weighted by Gasteiger charge is -2.12. The van der Waals surface area contributed by atoms with Crippen molar-refractivity contribution < 1.29 is 19.4 Å². The molecule has 1 rings (SSSR count). The first kappa shape index (κ1) is 18.3. The second kappa shape index (κ2) is 10.1. The van der Waals surface area contributed by atoms with E-state index in [1.165, 1.54) is 38.9 Å². The summed E-state index contributed by atoms with van der Waals surface area (Å²) in [6.07, 6.45) is 7.51. The van der Waals surface area contributed by atoms with Gasteiger partial charge in [-0.3, -0.25) is 4.79 Å². The first-order valence-corrected chi connectivity index (χ1v) is 8.21. The number of ketones is 1. The van der Waals surface area contributed by atoms with E-state index in [1.54, 1.807) is 13.0 Å². The van der Waals surface area contributed by atoms with Crippen LogP contribution in [-0.2, 0) is 0 Å². The molecule has 0 bridgehead atoms. The van der Waals surface area contributed by atoms with Crippen LogP contribution in [0.1, 0.15) is 69.2 Å². The number of benzene rings is 1. The molecule has 4 nitrogen and oxygen atoms in total. The van der Waals surface area contributed by atoms with Crippen molar-refractivity contribution in [2.75, 3.05) is 13.7 Å². The minimum Gasteiger partial charge on any atom is -0.507 e. The molecule has 0 radical (unpaired) electrons. The van der Waals surface area contributed by atoms with E-state index in [9.17, 15) is 9.90 Å². The normalized spacial score (nSPS) is 10.5. The summed E-state index contributed by atoms with van der Waals surface area (Å²) in [7, 11) is 1.48. The fourth-order valence-electron chi connectivity index (χ4n) is 2.35. The maximum atomic E-state index is 11.8. The summed E-state index contributed by atoms with van der Waals surface area (Å²) >= 11 is 0. The van der Waals surface area contributed by atoms with Gasteiger partial charge in [0.2, 0.25) is 0 Å². The molecule has 0 amide bonds. The van der Waals surface area contributed by atoms with E-state index in [2.05, 4.69) is 6.92 Å². The third-order valence-corrected chi connectivity index (χ3v) is 3.64. The van der Waals surface area contributed by atoms with Gasteiger partial charge in [0.1, 0.15) is 22.8 Å². The van der Waals surface area contributed by atoms with E-state index in [4.69, 9.17) is 9.47 Å². The van der Waals surface area contributed by atoms with Crippen LogP contribution >= 0.6 is 0 Å². The van der Waals surface area contributed by atoms with Gasteiger partial charge in [-0.25, -0.2) is 0 Å². The van der Waals surface area contributed by atoms with Crippen molar-refractivity contribution in [1.82, 2.24) is 0 Å². The summed E-state index contributed by atoms with van der Waals surface area (Å²) in [6.45, 7) is 4.57. The number of carbonyl (C=O) groups is 1. The molecule has 4 heteroatoms. The van der Waals surface area contributed by atoms with Crippen molar-refractivity contribution >= 4 is 5.78 Å². The van der Waals surface area contributed by atoms with E-state index in [0.29, 0.717) is 24.5 Å². The third-order valence-electron chi connectivity index (χ3n) is 3.64. The number of hydrogen-bond donors (Lipinski definition) is 1. The molecule has 1 N–H and O–H groups in total. The van der Waals surface area contributed by atoms with Gasteiger partial charge in [-0.15, -0.1) is 0 Å². The van der Waals surface area contributed by atoms with E-state index in [1.807, 2.05) is 0 Å². The van der Waals surface area contributed by atoms with E-state index in [0.717, 1.165) is 12.8 Å². The molecular formula is C18H28O4. The fourth-order valence-corrected chi connectivity index (χ4v) is 2.35. The maximum absolute atomic E-state index is 11.8. The Bertz CT molecular complexity index is 468. The van der Waals surface area contributed by atoms with Crippen molar-refractivity contribution in [3.63, 3.8) is 0 Å². The molecule has 0 heterocycles. The Balaban J connectivity index is 2.54. The molecule has 0 fully saturated rings. The van der Waals surface area contributed by atoms with Crippen LogP contribution in [0.2, 0.25) is 0 Å². The zero-order chi connectivity index (χ0) is 16.4. The van der Waals surface area contributed by atoms with Crippen molar-refractivity contribution in [3.05, 3.63) is 17.7 Å². The number of Topliss-reactive ketones (excluding diaryl/α,β-unsaturated/α-hetero) is 1. The van der Waals surface area contributed by atoms with Gasteiger partial charge in [0, 0.05) is 18.6 Å². The smallest absolute Gasteiger partial charge is 0.170 e. The molecule has 1 aromatic rings. The molecule has 0 aliphatic rings. The van der Waals surface area contributed by atoms with E-state index >= 15 is 0 Å². The minimum atomic E-state index is -0.142. The maximum Gasteiger partial charge on any atom is 0.170 e. The Labute approximate surface area is 133 Å². The number of rotatable bonds is 11. The summed E-state index contributed by atoms with van der Waals surface area (Å²) < 4.78 is 10.9. The number of phenolic OH excluding ortho intramolecular Hbond substituents is 1. The Morgan fingerprint density at radius 3 is 2.41 bits per heavy atom. The number of phenols is 1. The molecule has 0 saturated carbocycles. The molecule has 0 unspecified atom stereocenters. The minimum absolute atomic E-state index is 0.0795. The zero-order valence-corrected chi connectivity index (χ0v) is 14.0. The van der Waals surface area contributed by atoms with Gasteiger partial charge in [-0.2, -0.15) is 0 Å². The fraction of sp³-hybridized carbons (Fsp3) is 0.611. The Morgan fingerprint density at radius 1 is 1.09 bits per heavy atom. The number of hydrogen-bond acceptors (Lipinski definition) is 4. The van der Waals surface area contributed by atoms with Crippen LogP contribution in [0.15, 0.2) is 12.1 Å². The summed E-state index contributed by atoms with van der Waals surface area (Å²) in [4.78, 5) is 11.8. The highest BCUT2D eigenvalue weighted by Crippen LogP contribution is 2.34.